The molecule has 0 atom stereocenters. The van der Waals surface area contributed by atoms with Gasteiger partial charge in [-0.25, -0.2) is 14.4 Å². The van der Waals surface area contributed by atoms with Crippen molar-refractivity contribution in [2.24, 2.45) is 0 Å². The second-order valence-corrected chi connectivity index (χ2v) is 3.05. The molecule has 1 rings (SSSR count). The first-order valence-electron chi connectivity index (χ1n) is 3.24. The third kappa shape index (κ3) is 1.92. The lowest BCUT2D eigenvalue weighted by atomic mass is 10.4. The van der Waals surface area contributed by atoms with Crippen LogP contribution in [0.25, 0.3) is 0 Å². The van der Waals surface area contributed by atoms with Gasteiger partial charge in [0.05, 0.1) is 7.11 Å². The first-order valence-corrected chi connectivity index (χ1v) is 4.03. The zero-order valence-electron chi connectivity index (χ0n) is 6.71. The molecule has 0 unspecified atom stereocenters. The smallest absolute Gasteiger partial charge is 0.188 e. The van der Waals surface area contributed by atoms with E-state index in [2.05, 4.69) is 20.9 Å². The zero-order chi connectivity index (χ0) is 9.14. The molecule has 1 heterocycles. The van der Waals surface area contributed by atoms with Crippen molar-refractivity contribution >= 4 is 21.7 Å². The Kier molecular flexibility index (Phi) is 2.99. The van der Waals surface area contributed by atoms with Crippen molar-refractivity contribution in [2.75, 3.05) is 19.2 Å². The number of rotatable bonds is 2. The molecule has 5 heteroatoms. The van der Waals surface area contributed by atoms with Crippen LogP contribution in [0.3, 0.4) is 0 Å². The molecule has 3 nitrogen and oxygen atoms in total. The van der Waals surface area contributed by atoms with Gasteiger partial charge in [-0.05, 0) is 22.0 Å². The molecular weight excluding hydrogens is 227 g/mol. The van der Waals surface area contributed by atoms with Crippen LogP contribution in [0, 0.1) is 5.82 Å². The molecule has 0 saturated carbocycles. The highest BCUT2D eigenvalue weighted by atomic mass is 79.9. The van der Waals surface area contributed by atoms with Crippen molar-refractivity contribution in [3.05, 3.63) is 22.6 Å². The zero-order valence-corrected chi connectivity index (χ0v) is 8.30. The van der Waals surface area contributed by atoms with Gasteiger partial charge < -0.3 is 0 Å². The van der Waals surface area contributed by atoms with Crippen LogP contribution in [0.2, 0.25) is 0 Å². The Hall–Kier alpha value is -0.680. The molecule has 1 aromatic rings. The number of halogens is 2. The van der Waals surface area contributed by atoms with Gasteiger partial charge in [0.15, 0.2) is 11.6 Å². The van der Waals surface area contributed by atoms with E-state index in [-0.39, 0.29) is 5.82 Å². The predicted octanol–water partition coefficient (Wildman–Crippen LogP) is 1.98. The average molecular weight is 235 g/mol. The minimum Gasteiger partial charge on any atom is -0.276 e. The molecular formula is C7H8BrFN2O. The summed E-state index contributed by atoms with van der Waals surface area (Å²) in [6.45, 7) is 0. The molecule has 0 bridgehead atoms. The maximum absolute atomic E-state index is 13.1. The second kappa shape index (κ2) is 3.82. The lowest BCUT2D eigenvalue weighted by molar-refractivity contribution is 0.180. The number of aromatic nitrogens is 1. The van der Waals surface area contributed by atoms with E-state index >= 15 is 0 Å². The van der Waals surface area contributed by atoms with Gasteiger partial charge in [-0.2, -0.15) is 0 Å². The van der Waals surface area contributed by atoms with E-state index in [0.717, 1.165) is 0 Å². The van der Waals surface area contributed by atoms with E-state index in [1.54, 1.807) is 7.05 Å². The fraction of sp³-hybridized carbons (Fsp3) is 0.286. The number of pyridine rings is 1. The Bertz CT molecular complexity index is 282. The minimum absolute atomic E-state index is 0.167. The molecule has 0 amide bonds. The highest BCUT2D eigenvalue weighted by Gasteiger charge is 2.08. The van der Waals surface area contributed by atoms with Crippen molar-refractivity contribution in [1.29, 1.82) is 0 Å². The third-order valence-electron chi connectivity index (χ3n) is 1.36. The Morgan fingerprint density at radius 1 is 1.67 bits per heavy atom. The van der Waals surface area contributed by atoms with Crippen LogP contribution in [0.5, 0.6) is 0 Å². The molecule has 0 spiro atoms. The van der Waals surface area contributed by atoms with Crippen LogP contribution in [-0.4, -0.2) is 19.1 Å². The van der Waals surface area contributed by atoms with Crippen LogP contribution >= 0.6 is 15.9 Å². The molecule has 1 aromatic heterocycles. The number of hydroxylamine groups is 1. The van der Waals surface area contributed by atoms with Crippen LogP contribution in [0.1, 0.15) is 0 Å². The van der Waals surface area contributed by atoms with E-state index in [0.29, 0.717) is 4.47 Å². The van der Waals surface area contributed by atoms with Crippen LogP contribution in [0.15, 0.2) is 16.7 Å². The van der Waals surface area contributed by atoms with E-state index in [1.165, 1.54) is 24.4 Å². The molecule has 0 aromatic carbocycles. The summed E-state index contributed by atoms with van der Waals surface area (Å²) in [6, 6.07) is 1.33. The summed E-state index contributed by atoms with van der Waals surface area (Å²) in [5.41, 5.74) is 0. The van der Waals surface area contributed by atoms with Gasteiger partial charge in [0.2, 0.25) is 0 Å². The Morgan fingerprint density at radius 3 is 2.83 bits per heavy atom. The van der Waals surface area contributed by atoms with Gasteiger partial charge in [0.25, 0.3) is 0 Å². The molecule has 0 aliphatic carbocycles. The Labute approximate surface area is 78.2 Å². The Balaban J connectivity index is 3.01. The molecule has 12 heavy (non-hydrogen) atoms. The van der Waals surface area contributed by atoms with E-state index in [1.807, 2.05) is 0 Å². The standard InChI is InChI=1S/C7H8BrFN2O/c1-11(12-2)7-6(9)3-5(8)4-10-7/h3-4H,1-2H3. The van der Waals surface area contributed by atoms with Crippen molar-refractivity contribution in [1.82, 2.24) is 4.98 Å². The fourth-order valence-electron chi connectivity index (χ4n) is 0.726. The molecule has 0 fully saturated rings. The number of nitrogens with zero attached hydrogens (tertiary/aromatic N) is 2. The van der Waals surface area contributed by atoms with Gasteiger partial charge in [0, 0.05) is 17.7 Å². The van der Waals surface area contributed by atoms with Crippen molar-refractivity contribution in [3.63, 3.8) is 0 Å². The molecule has 0 saturated heterocycles. The Morgan fingerprint density at radius 2 is 2.33 bits per heavy atom. The molecule has 0 radical (unpaired) electrons. The SMILES string of the molecule is CON(C)c1ncc(Br)cc1F. The average Bonchev–Trinajstić information content (AvgIpc) is 2.03. The van der Waals surface area contributed by atoms with Crippen LogP contribution in [0.4, 0.5) is 10.2 Å². The van der Waals surface area contributed by atoms with Crippen molar-refractivity contribution in [2.45, 2.75) is 0 Å². The van der Waals surface area contributed by atoms with E-state index in [4.69, 9.17) is 4.84 Å². The largest absolute Gasteiger partial charge is 0.276 e. The normalized spacial score (nSPS) is 10.0. The summed E-state index contributed by atoms with van der Waals surface area (Å²) in [6.07, 6.45) is 1.51. The van der Waals surface area contributed by atoms with Gasteiger partial charge in [0.1, 0.15) is 0 Å². The summed E-state index contributed by atoms with van der Waals surface area (Å²) >= 11 is 3.11. The third-order valence-corrected chi connectivity index (χ3v) is 1.79. The number of anilines is 1. The topological polar surface area (TPSA) is 25.4 Å². The van der Waals surface area contributed by atoms with Gasteiger partial charge in [-0.1, -0.05) is 0 Å². The predicted molar refractivity (Wildman–Crippen MR) is 47.3 cm³/mol. The van der Waals surface area contributed by atoms with E-state index < -0.39 is 5.82 Å². The number of hydrogen-bond donors (Lipinski definition) is 0. The van der Waals surface area contributed by atoms with E-state index in [9.17, 15) is 4.39 Å². The summed E-state index contributed by atoms with van der Waals surface area (Å²) in [5.74, 6) is -0.255. The summed E-state index contributed by atoms with van der Waals surface area (Å²) < 4.78 is 13.7. The molecule has 0 N–H and O–H groups in total. The summed E-state index contributed by atoms with van der Waals surface area (Å²) in [5, 5.41) is 1.25. The monoisotopic (exact) mass is 234 g/mol. The lowest BCUT2D eigenvalue weighted by Gasteiger charge is -2.14. The summed E-state index contributed by atoms with van der Waals surface area (Å²) in [4.78, 5) is 8.60. The molecule has 0 aliphatic rings. The van der Waals surface area contributed by atoms with Crippen LogP contribution in [-0.2, 0) is 4.84 Å². The van der Waals surface area contributed by atoms with Gasteiger partial charge in [-0.15, -0.1) is 0 Å². The summed E-state index contributed by atoms with van der Waals surface area (Å²) in [7, 11) is 3.03. The molecule has 66 valence electrons. The maximum Gasteiger partial charge on any atom is 0.188 e. The highest BCUT2D eigenvalue weighted by molar-refractivity contribution is 9.10. The fourth-order valence-corrected chi connectivity index (χ4v) is 1.03. The quantitative estimate of drug-likeness (QED) is 0.733. The molecule has 0 aliphatic heterocycles. The van der Waals surface area contributed by atoms with Gasteiger partial charge >= 0.3 is 0 Å². The highest BCUT2D eigenvalue weighted by Crippen LogP contribution is 2.18. The maximum atomic E-state index is 13.1. The minimum atomic E-state index is -0.422. The first kappa shape index (κ1) is 9.41. The van der Waals surface area contributed by atoms with Crippen molar-refractivity contribution < 1.29 is 9.23 Å². The second-order valence-electron chi connectivity index (χ2n) is 2.14. The van der Waals surface area contributed by atoms with Crippen molar-refractivity contribution in [3.8, 4) is 0 Å². The lowest BCUT2D eigenvalue weighted by Crippen LogP contribution is -2.17. The number of hydrogen-bond acceptors (Lipinski definition) is 3. The van der Waals surface area contributed by atoms with Crippen LogP contribution < -0.4 is 5.06 Å². The first-order chi connectivity index (χ1) is 5.65. The van der Waals surface area contributed by atoms with Gasteiger partial charge in [-0.3, -0.25) is 4.84 Å².